The summed E-state index contributed by atoms with van der Waals surface area (Å²) in [7, 11) is 0. The molecule has 176 valence electrons. The Bertz CT molecular complexity index is 877. The Hall–Kier alpha value is -2.40. The quantitative estimate of drug-likeness (QED) is 0.507. The Kier molecular flexibility index (Phi) is 7.94. The summed E-state index contributed by atoms with van der Waals surface area (Å²) in [5.41, 5.74) is 2.49. The minimum atomic E-state index is 0.0363. The third-order valence-corrected chi connectivity index (χ3v) is 5.39. The van der Waals surface area contributed by atoms with E-state index in [-0.39, 0.29) is 10.8 Å². The molecule has 0 spiro atoms. The fourth-order valence-electron chi connectivity index (χ4n) is 3.36. The summed E-state index contributed by atoms with van der Waals surface area (Å²) in [4.78, 5) is 0. The highest BCUT2D eigenvalue weighted by Crippen LogP contribution is 2.35. The standard InChI is InChI=1S/C27H38O5/c1-26(2,3)20-9-11-23-24(18-20)30-13-7-12-29-22-10-8-21(27(4,5)6)19-25(22)32-17-15-28-14-16-31-23/h8-11,18-19H,7,12-17H2,1-6H3. The van der Waals surface area contributed by atoms with Crippen LogP contribution in [0.25, 0.3) is 0 Å². The molecule has 0 N–H and O–H groups in total. The molecule has 0 bridgehead atoms. The number of hydrogen-bond acceptors (Lipinski definition) is 5. The zero-order valence-electron chi connectivity index (χ0n) is 20.5. The summed E-state index contributed by atoms with van der Waals surface area (Å²) in [5, 5.41) is 0. The largest absolute Gasteiger partial charge is 0.490 e. The predicted molar refractivity (Wildman–Crippen MR) is 128 cm³/mol. The van der Waals surface area contributed by atoms with Gasteiger partial charge in [0, 0.05) is 6.42 Å². The van der Waals surface area contributed by atoms with E-state index in [1.54, 1.807) is 0 Å². The minimum Gasteiger partial charge on any atom is -0.490 e. The van der Waals surface area contributed by atoms with E-state index in [9.17, 15) is 0 Å². The van der Waals surface area contributed by atoms with Crippen LogP contribution in [0.1, 0.15) is 59.1 Å². The number of hydrogen-bond donors (Lipinski definition) is 0. The van der Waals surface area contributed by atoms with E-state index in [2.05, 4.69) is 65.8 Å². The van der Waals surface area contributed by atoms with Crippen molar-refractivity contribution >= 4 is 0 Å². The third-order valence-electron chi connectivity index (χ3n) is 5.39. The molecule has 0 aromatic heterocycles. The van der Waals surface area contributed by atoms with Gasteiger partial charge >= 0.3 is 0 Å². The molecule has 5 heteroatoms. The van der Waals surface area contributed by atoms with E-state index in [0.29, 0.717) is 39.6 Å². The van der Waals surface area contributed by atoms with Crippen molar-refractivity contribution in [3.8, 4) is 23.0 Å². The van der Waals surface area contributed by atoms with Gasteiger partial charge in [-0.25, -0.2) is 0 Å². The number of benzene rings is 2. The van der Waals surface area contributed by atoms with Gasteiger partial charge in [-0.15, -0.1) is 0 Å². The van der Waals surface area contributed by atoms with Gasteiger partial charge in [0.25, 0.3) is 0 Å². The van der Waals surface area contributed by atoms with Crippen LogP contribution in [0.15, 0.2) is 36.4 Å². The van der Waals surface area contributed by atoms with E-state index < -0.39 is 0 Å². The van der Waals surface area contributed by atoms with Gasteiger partial charge in [-0.2, -0.15) is 0 Å². The maximum Gasteiger partial charge on any atom is 0.161 e. The van der Waals surface area contributed by atoms with Crippen LogP contribution < -0.4 is 18.9 Å². The smallest absolute Gasteiger partial charge is 0.161 e. The fourth-order valence-corrected chi connectivity index (χ4v) is 3.36. The van der Waals surface area contributed by atoms with Crippen LogP contribution in [0, 0.1) is 0 Å². The SMILES string of the molecule is CC(C)(C)c1ccc2c(c1)OCCCOc1ccc(C(C)(C)C)cc1OCCOCCO2. The molecule has 0 saturated heterocycles. The molecule has 5 nitrogen and oxygen atoms in total. The van der Waals surface area contributed by atoms with Gasteiger partial charge in [0.1, 0.15) is 13.2 Å². The first-order valence-corrected chi connectivity index (χ1v) is 11.5. The molecule has 0 aliphatic carbocycles. The van der Waals surface area contributed by atoms with Crippen molar-refractivity contribution in [2.45, 2.75) is 58.8 Å². The molecule has 32 heavy (non-hydrogen) atoms. The molecule has 0 fully saturated rings. The molecule has 1 heterocycles. The Balaban J connectivity index is 1.73. The molecule has 0 unspecified atom stereocenters. The van der Waals surface area contributed by atoms with Crippen molar-refractivity contribution in [3.05, 3.63) is 47.5 Å². The van der Waals surface area contributed by atoms with Crippen molar-refractivity contribution in [2.75, 3.05) is 39.6 Å². The van der Waals surface area contributed by atoms with E-state index in [1.807, 2.05) is 12.1 Å². The molecule has 3 rings (SSSR count). The Morgan fingerprint density at radius 2 is 0.906 bits per heavy atom. The van der Waals surface area contributed by atoms with Gasteiger partial charge in [-0.3, -0.25) is 0 Å². The fraction of sp³-hybridized carbons (Fsp3) is 0.556. The maximum absolute atomic E-state index is 6.10. The Morgan fingerprint density at radius 3 is 1.38 bits per heavy atom. The summed E-state index contributed by atoms with van der Waals surface area (Å²) in [6, 6.07) is 12.3. The van der Waals surface area contributed by atoms with E-state index in [0.717, 1.165) is 29.4 Å². The van der Waals surface area contributed by atoms with Crippen LogP contribution in [0.5, 0.6) is 23.0 Å². The maximum atomic E-state index is 6.10. The molecule has 1 aliphatic rings. The van der Waals surface area contributed by atoms with Gasteiger partial charge in [-0.05, 0) is 46.2 Å². The lowest BCUT2D eigenvalue weighted by Crippen LogP contribution is -2.16. The first-order chi connectivity index (χ1) is 15.1. The first kappa shape index (κ1) is 24.2. The highest BCUT2D eigenvalue weighted by Gasteiger charge is 2.18. The molecule has 1 aliphatic heterocycles. The zero-order chi connectivity index (χ0) is 23.2. The monoisotopic (exact) mass is 442 g/mol. The molecule has 2 aromatic carbocycles. The van der Waals surface area contributed by atoms with Gasteiger partial charge in [0.15, 0.2) is 23.0 Å². The van der Waals surface area contributed by atoms with Gasteiger partial charge in [0.2, 0.25) is 0 Å². The van der Waals surface area contributed by atoms with Crippen molar-refractivity contribution in [2.24, 2.45) is 0 Å². The lowest BCUT2D eigenvalue weighted by Gasteiger charge is -2.22. The van der Waals surface area contributed by atoms with Crippen LogP contribution >= 0.6 is 0 Å². The Morgan fingerprint density at radius 1 is 0.500 bits per heavy atom. The Labute approximate surface area is 193 Å². The lowest BCUT2D eigenvalue weighted by atomic mass is 9.87. The zero-order valence-corrected chi connectivity index (χ0v) is 20.5. The molecular formula is C27H38O5. The van der Waals surface area contributed by atoms with E-state index in [1.165, 1.54) is 11.1 Å². The number of ether oxygens (including phenoxy) is 5. The summed E-state index contributed by atoms with van der Waals surface area (Å²) >= 11 is 0. The van der Waals surface area contributed by atoms with Crippen LogP contribution in [-0.4, -0.2) is 39.6 Å². The number of rotatable bonds is 0. The first-order valence-electron chi connectivity index (χ1n) is 11.5. The summed E-state index contributed by atoms with van der Waals surface area (Å²) in [6.07, 6.45) is 0.753. The molecular weight excluding hydrogens is 404 g/mol. The molecule has 0 saturated carbocycles. The van der Waals surface area contributed by atoms with Crippen molar-refractivity contribution in [1.29, 1.82) is 0 Å². The summed E-state index contributed by atoms with van der Waals surface area (Å²) in [6.45, 7) is 16.1. The third kappa shape index (κ3) is 6.80. The average Bonchev–Trinajstić information content (AvgIpc) is 2.71. The van der Waals surface area contributed by atoms with Gasteiger partial charge in [0.05, 0.1) is 26.4 Å². The second kappa shape index (κ2) is 10.5. The van der Waals surface area contributed by atoms with Crippen LogP contribution in [0.3, 0.4) is 0 Å². The second-order valence-electron chi connectivity index (χ2n) is 10.2. The van der Waals surface area contributed by atoms with Crippen LogP contribution in [0.4, 0.5) is 0 Å². The topological polar surface area (TPSA) is 46.2 Å². The van der Waals surface area contributed by atoms with E-state index >= 15 is 0 Å². The molecule has 0 radical (unpaired) electrons. The molecule has 2 aromatic rings. The highest BCUT2D eigenvalue weighted by molar-refractivity contribution is 5.46. The minimum absolute atomic E-state index is 0.0363. The highest BCUT2D eigenvalue weighted by atomic mass is 16.6. The van der Waals surface area contributed by atoms with Gasteiger partial charge < -0.3 is 23.7 Å². The average molecular weight is 443 g/mol. The summed E-state index contributed by atoms with van der Waals surface area (Å²) < 4.78 is 29.8. The number of fused-ring (bicyclic) bond motifs is 2. The van der Waals surface area contributed by atoms with Crippen LogP contribution in [0.2, 0.25) is 0 Å². The molecule has 0 atom stereocenters. The normalized spacial score (nSPS) is 16.4. The van der Waals surface area contributed by atoms with E-state index in [4.69, 9.17) is 23.7 Å². The summed E-state index contributed by atoms with van der Waals surface area (Å²) in [5.74, 6) is 3.02. The van der Waals surface area contributed by atoms with Crippen LogP contribution in [-0.2, 0) is 15.6 Å². The molecule has 0 amide bonds. The van der Waals surface area contributed by atoms with Gasteiger partial charge in [-0.1, -0.05) is 53.7 Å². The predicted octanol–water partition coefficient (Wildman–Crippen LogP) is 5.92. The van der Waals surface area contributed by atoms with Crippen molar-refractivity contribution in [3.63, 3.8) is 0 Å². The van der Waals surface area contributed by atoms with Crippen molar-refractivity contribution < 1.29 is 23.7 Å². The van der Waals surface area contributed by atoms with Crippen molar-refractivity contribution in [1.82, 2.24) is 0 Å². The lowest BCUT2D eigenvalue weighted by molar-refractivity contribution is 0.0738. The second-order valence-corrected chi connectivity index (χ2v) is 10.2.